The van der Waals surface area contributed by atoms with Crippen LogP contribution >= 0.6 is 43.2 Å². The predicted octanol–water partition coefficient (Wildman–Crippen LogP) is 5.88. The zero-order valence-electron chi connectivity index (χ0n) is 12.9. The SMILES string of the molecule is CNc1nc(C(F)(F)F)c(C(=O)Nc2c(Br)cc(OC(F)(F)F)cc2Br)s1. The van der Waals surface area contributed by atoms with E-state index in [1.54, 1.807) is 0 Å². The monoisotopic (exact) mass is 541 g/mol. The Kier molecular flexibility index (Phi) is 6.31. The maximum absolute atomic E-state index is 13.1. The molecule has 2 N–H and O–H groups in total. The van der Waals surface area contributed by atoms with Crippen molar-refractivity contribution in [2.24, 2.45) is 0 Å². The van der Waals surface area contributed by atoms with Crippen LogP contribution in [0.4, 0.5) is 37.2 Å². The van der Waals surface area contributed by atoms with E-state index in [9.17, 15) is 31.1 Å². The van der Waals surface area contributed by atoms with E-state index in [1.807, 2.05) is 0 Å². The van der Waals surface area contributed by atoms with Gasteiger partial charge in [-0.2, -0.15) is 13.2 Å². The number of halogens is 8. The zero-order chi connectivity index (χ0) is 20.6. The van der Waals surface area contributed by atoms with Crippen LogP contribution < -0.4 is 15.4 Å². The molecule has 0 aliphatic carbocycles. The minimum absolute atomic E-state index is 0.0450. The number of carbonyl (C=O) groups is 1. The van der Waals surface area contributed by atoms with Crippen LogP contribution in [0.25, 0.3) is 0 Å². The van der Waals surface area contributed by atoms with Crippen LogP contribution in [0.3, 0.4) is 0 Å². The lowest BCUT2D eigenvalue weighted by Gasteiger charge is -2.14. The molecule has 0 saturated carbocycles. The number of nitrogens with one attached hydrogen (secondary N) is 2. The first-order valence-corrected chi connectivity index (χ1v) is 9.04. The molecule has 5 nitrogen and oxygen atoms in total. The van der Waals surface area contributed by atoms with Gasteiger partial charge in [-0.3, -0.25) is 4.79 Å². The lowest BCUT2D eigenvalue weighted by molar-refractivity contribution is -0.274. The Bertz CT molecular complexity index is 846. The molecule has 1 aromatic heterocycles. The zero-order valence-corrected chi connectivity index (χ0v) is 16.8. The Morgan fingerprint density at radius 1 is 1.15 bits per heavy atom. The summed E-state index contributed by atoms with van der Waals surface area (Å²) in [5, 5.41) is 4.50. The average Bonchev–Trinajstić information content (AvgIpc) is 2.93. The molecule has 0 radical (unpaired) electrons. The third-order valence-corrected chi connectivity index (χ3v) is 5.13. The second kappa shape index (κ2) is 7.83. The van der Waals surface area contributed by atoms with E-state index >= 15 is 0 Å². The number of anilines is 2. The molecule has 27 heavy (non-hydrogen) atoms. The normalized spacial score (nSPS) is 12.0. The van der Waals surface area contributed by atoms with E-state index < -0.39 is 34.8 Å². The standard InChI is InChI=1S/C13H7Br2F6N3O2S/c1-22-11-24-9(12(16,17)18)8(27-11)10(25)23-7-5(14)2-4(3-6(7)15)26-13(19,20)21/h2-3H,1H3,(H,22,24)(H,23,25). The van der Waals surface area contributed by atoms with Crippen LogP contribution in [0.1, 0.15) is 15.4 Å². The molecule has 2 rings (SSSR count). The second-order valence-corrected chi connectivity index (χ2v) is 7.42. The van der Waals surface area contributed by atoms with E-state index in [0.29, 0.717) is 11.3 Å². The minimum atomic E-state index is -4.93. The van der Waals surface area contributed by atoms with Crippen molar-refractivity contribution < 1.29 is 35.9 Å². The Morgan fingerprint density at radius 3 is 2.15 bits per heavy atom. The van der Waals surface area contributed by atoms with Gasteiger partial charge in [0.05, 0.1) is 5.69 Å². The van der Waals surface area contributed by atoms with Gasteiger partial charge in [0.15, 0.2) is 10.8 Å². The third-order valence-electron chi connectivity index (χ3n) is 2.80. The molecule has 2 aromatic rings. The van der Waals surface area contributed by atoms with Gasteiger partial charge < -0.3 is 15.4 Å². The van der Waals surface area contributed by atoms with Gasteiger partial charge in [0.1, 0.15) is 10.6 Å². The average molecular weight is 543 g/mol. The fourth-order valence-electron chi connectivity index (χ4n) is 1.81. The van der Waals surface area contributed by atoms with Gasteiger partial charge in [0.25, 0.3) is 5.91 Å². The van der Waals surface area contributed by atoms with Gasteiger partial charge in [0.2, 0.25) is 0 Å². The molecule has 0 atom stereocenters. The lowest BCUT2D eigenvalue weighted by atomic mass is 10.2. The molecule has 0 fully saturated rings. The van der Waals surface area contributed by atoms with Crippen LogP contribution in [0.15, 0.2) is 21.1 Å². The first kappa shape index (κ1) is 21.8. The van der Waals surface area contributed by atoms with Crippen LogP contribution in [0.2, 0.25) is 0 Å². The van der Waals surface area contributed by atoms with Crippen LogP contribution in [0, 0.1) is 0 Å². The Labute approximate surface area is 168 Å². The summed E-state index contributed by atoms with van der Waals surface area (Å²) in [5.41, 5.74) is -1.46. The lowest BCUT2D eigenvalue weighted by Crippen LogP contribution is -2.18. The summed E-state index contributed by atoms with van der Waals surface area (Å²) >= 11 is 6.37. The predicted molar refractivity (Wildman–Crippen MR) is 93.1 cm³/mol. The molecular weight excluding hydrogens is 536 g/mol. The fraction of sp³-hybridized carbons (Fsp3) is 0.231. The van der Waals surface area contributed by atoms with Crippen molar-refractivity contribution in [1.29, 1.82) is 0 Å². The van der Waals surface area contributed by atoms with Gasteiger partial charge in [0, 0.05) is 16.0 Å². The highest BCUT2D eigenvalue weighted by atomic mass is 79.9. The summed E-state index contributed by atoms with van der Waals surface area (Å²) < 4.78 is 79.7. The highest BCUT2D eigenvalue weighted by molar-refractivity contribution is 9.11. The number of hydrogen-bond donors (Lipinski definition) is 2. The van der Waals surface area contributed by atoms with E-state index in [2.05, 4.69) is 52.2 Å². The van der Waals surface area contributed by atoms with Crippen LogP contribution in [0.5, 0.6) is 5.75 Å². The molecule has 0 spiro atoms. The summed E-state index contributed by atoms with van der Waals surface area (Å²) in [5.74, 6) is -1.72. The van der Waals surface area contributed by atoms with Crippen LogP contribution in [-0.2, 0) is 6.18 Å². The van der Waals surface area contributed by atoms with Crippen molar-refractivity contribution in [1.82, 2.24) is 4.98 Å². The number of hydrogen-bond acceptors (Lipinski definition) is 5. The van der Waals surface area contributed by atoms with E-state index in [4.69, 9.17) is 0 Å². The van der Waals surface area contributed by atoms with Crippen molar-refractivity contribution in [2.45, 2.75) is 12.5 Å². The first-order chi connectivity index (χ1) is 12.3. The summed E-state index contributed by atoms with van der Waals surface area (Å²) in [6, 6.07) is 1.81. The number of ether oxygens (including phenoxy) is 1. The number of alkyl halides is 6. The molecule has 0 aliphatic rings. The van der Waals surface area contributed by atoms with Crippen molar-refractivity contribution in [3.05, 3.63) is 31.6 Å². The maximum Gasteiger partial charge on any atom is 0.573 e. The van der Waals surface area contributed by atoms with E-state index in [1.165, 1.54) is 7.05 Å². The van der Waals surface area contributed by atoms with Crippen molar-refractivity contribution in [3.8, 4) is 5.75 Å². The number of carbonyl (C=O) groups excluding carboxylic acids is 1. The Balaban J connectivity index is 2.35. The second-order valence-electron chi connectivity index (χ2n) is 4.71. The maximum atomic E-state index is 13.1. The van der Waals surface area contributed by atoms with Crippen LogP contribution in [-0.4, -0.2) is 24.3 Å². The Morgan fingerprint density at radius 2 is 1.70 bits per heavy atom. The minimum Gasteiger partial charge on any atom is -0.406 e. The number of aromatic nitrogens is 1. The topological polar surface area (TPSA) is 63.2 Å². The van der Waals surface area contributed by atoms with Gasteiger partial charge in [-0.1, -0.05) is 11.3 Å². The molecular formula is C13H7Br2F6N3O2S. The molecule has 1 heterocycles. The Hall–Kier alpha value is -1.54. The van der Waals surface area contributed by atoms with Gasteiger partial charge in [-0.15, -0.1) is 13.2 Å². The first-order valence-electron chi connectivity index (χ1n) is 6.63. The summed E-state index contributed by atoms with van der Waals surface area (Å²) in [7, 11) is 1.34. The fourth-order valence-corrected chi connectivity index (χ4v) is 3.98. The van der Waals surface area contributed by atoms with Gasteiger partial charge in [-0.25, -0.2) is 4.98 Å². The van der Waals surface area contributed by atoms with Gasteiger partial charge in [-0.05, 0) is 44.0 Å². The smallest absolute Gasteiger partial charge is 0.406 e. The quantitative estimate of drug-likeness (QED) is 0.474. The van der Waals surface area contributed by atoms with Crippen molar-refractivity contribution in [2.75, 3.05) is 17.7 Å². The molecule has 0 aliphatic heterocycles. The summed E-state index contributed by atoms with van der Waals surface area (Å²) in [6.07, 6.45) is -9.80. The highest BCUT2D eigenvalue weighted by Gasteiger charge is 2.40. The number of thiazole rings is 1. The molecule has 148 valence electrons. The highest BCUT2D eigenvalue weighted by Crippen LogP contribution is 2.39. The number of nitrogens with zero attached hydrogens (tertiary/aromatic N) is 1. The van der Waals surface area contributed by atoms with Crippen molar-refractivity contribution >= 4 is 59.9 Å². The molecule has 14 heteroatoms. The number of rotatable bonds is 4. The molecule has 1 amide bonds. The van der Waals surface area contributed by atoms with Gasteiger partial charge >= 0.3 is 12.5 Å². The molecule has 1 aromatic carbocycles. The number of amides is 1. The molecule has 0 saturated heterocycles. The molecule has 0 unspecified atom stereocenters. The largest absolute Gasteiger partial charge is 0.573 e. The third kappa shape index (κ3) is 5.48. The van der Waals surface area contributed by atoms with Crippen molar-refractivity contribution in [3.63, 3.8) is 0 Å². The number of benzene rings is 1. The summed E-state index contributed by atoms with van der Waals surface area (Å²) in [6.45, 7) is 0. The summed E-state index contributed by atoms with van der Waals surface area (Å²) in [4.78, 5) is 14.9. The van der Waals surface area contributed by atoms with E-state index in [-0.39, 0.29) is 19.8 Å². The van der Waals surface area contributed by atoms with E-state index in [0.717, 1.165) is 12.1 Å². The molecule has 0 bridgehead atoms.